The van der Waals surface area contributed by atoms with E-state index in [0.717, 1.165) is 37.1 Å². The molecule has 0 radical (unpaired) electrons. The van der Waals surface area contributed by atoms with Gasteiger partial charge in [-0.3, -0.25) is 0 Å². The van der Waals surface area contributed by atoms with Crippen LogP contribution in [0.2, 0.25) is 10.3 Å². The lowest BCUT2D eigenvalue weighted by molar-refractivity contribution is 0.707. The van der Waals surface area contributed by atoms with Gasteiger partial charge >= 0.3 is 0 Å². The molecule has 0 unspecified atom stereocenters. The lowest BCUT2D eigenvalue weighted by atomic mass is 10.0. The molecule has 4 nitrogen and oxygen atoms in total. The molecule has 6 heteroatoms. The average Bonchev–Trinajstić information content (AvgIpc) is 2.93. The van der Waals surface area contributed by atoms with Crippen LogP contribution in [0.1, 0.15) is 61.7 Å². The minimum Gasteiger partial charge on any atom is -0.199 e. The van der Waals surface area contributed by atoms with Gasteiger partial charge in [-0.1, -0.05) is 36.0 Å². The molecule has 2 fully saturated rings. The van der Waals surface area contributed by atoms with Crippen LogP contribution in [-0.4, -0.2) is 19.6 Å². The number of hydrogen-bond donors (Lipinski definition) is 0. The van der Waals surface area contributed by atoms with Gasteiger partial charge < -0.3 is 0 Å². The summed E-state index contributed by atoms with van der Waals surface area (Å²) >= 11 is 12.8. The van der Waals surface area contributed by atoms with Crippen LogP contribution < -0.4 is 0 Å². The lowest BCUT2D eigenvalue weighted by Crippen LogP contribution is -2.04. The Labute approximate surface area is 121 Å². The zero-order valence-electron chi connectivity index (χ0n) is 10.4. The molecular formula is C13H14Cl2N4. The highest BCUT2D eigenvalue weighted by molar-refractivity contribution is 6.35. The zero-order chi connectivity index (χ0) is 13.0. The highest BCUT2D eigenvalue weighted by Gasteiger charge is 2.30. The smallest absolute Gasteiger partial charge is 0.199 e. The minimum atomic E-state index is 0.422. The first-order valence-electron chi connectivity index (χ1n) is 6.85. The van der Waals surface area contributed by atoms with Gasteiger partial charge in [0.1, 0.15) is 10.3 Å². The molecule has 2 heterocycles. The molecule has 0 spiro atoms. The maximum Gasteiger partial charge on any atom is 0.255 e. The van der Waals surface area contributed by atoms with E-state index in [0.29, 0.717) is 27.9 Å². The largest absolute Gasteiger partial charge is 0.255 e. The molecule has 19 heavy (non-hydrogen) atoms. The van der Waals surface area contributed by atoms with Crippen LogP contribution >= 0.6 is 23.2 Å². The lowest BCUT2D eigenvalue weighted by Gasteiger charge is -2.13. The molecule has 0 bridgehead atoms. The van der Waals surface area contributed by atoms with Crippen molar-refractivity contribution in [3.05, 3.63) is 21.7 Å². The van der Waals surface area contributed by atoms with E-state index in [1.165, 1.54) is 12.8 Å². The minimum absolute atomic E-state index is 0.422. The van der Waals surface area contributed by atoms with Gasteiger partial charge in [0.2, 0.25) is 0 Å². The number of rotatable bonds is 2. The second kappa shape index (κ2) is 4.32. The van der Waals surface area contributed by atoms with Crippen LogP contribution in [0.3, 0.4) is 0 Å². The molecule has 2 aliphatic rings. The molecule has 2 aliphatic carbocycles. The van der Waals surface area contributed by atoms with Gasteiger partial charge in [0, 0.05) is 11.5 Å². The molecule has 0 atom stereocenters. The Balaban J connectivity index is 1.88. The third-order valence-corrected chi connectivity index (χ3v) is 4.79. The summed E-state index contributed by atoms with van der Waals surface area (Å²) in [6.45, 7) is 0. The van der Waals surface area contributed by atoms with Crippen molar-refractivity contribution in [2.75, 3.05) is 0 Å². The van der Waals surface area contributed by atoms with E-state index in [1.54, 1.807) is 4.52 Å². The van der Waals surface area contributed by atoms with E-state index >= 15 is 0 Å². The molecular weight excluding hydrogens is 283 g/mol. The van der Waals surface area contributed by atoms with E-state index in [-0.39, 0.29) is 0 Å². The molecule has 100 valence electrons. The van der Waals surface area contributed by atoms with Crippen molar-refractivity contribution in [1.29, 1.82) is 0 Å². The third kappa shape index (κ3) is 1.93. The Hall–Kier alpha value is -0.870. The van der Waals surface area contributed by atoms with Gasteiger partial charge in [-0.15, -0.1) is 5.10 Å². The molecule has 4 rings (SSSR count). The van der Waals surface area contributed by atoms with Gasteiger partial charge in [-0.25, -0.2) is 0 Å². The highest BCUT2D eigenvalue weighted by Crippen LogP contribution is 2.42. The van der Waals surface area contributed by atoms with Gasteiger partial charge in [0.25, 0.3) is 5.78 Å². The van der Waals surface area contributed by atoms with Crippen molar-refractivity contribution in [3.63, 3.8) is 0 Å². The van der Waals surface area contributed by atoms with Gasteiger partial charge in [-0.05, 0) is 31.6 Å². The number of halogens is 2. The van der Waals surface area contributed by atoms with Crippen molar-refractivity contribution in [2.24, 2.45) is 0 Å². The second-order valence-electron chi connectivity index (χ2n) is 5.54. The fourth-order valence-electron chi connectivity index (χ4n) is 2.94. The SMILES string of the molecule is Clc1nc2nc(C3CC3)nn2c(Cl)c1C1CCCC1. The molecule has 0 amide bonds. The average molecular weight is 297 g/mol. The first kappa shape index (κ1) is 11.9. The summed E-state index contributed by atoms with van der Waals surface area (Å²) in [5.41, 5.74) is 0.959. The highest BCUT2D eigenvalue weighted by atomic mass is 35.5. The number of fused-ring (bicyclic) bond motifs is 1. The normalized spacial score (nSPS) is 20.5. The molecule has 2 saturated carbocycles. The summed E-state index contributed by atoms with van der Waals surface area (Å²) in [6, 6.07) is 0. The first-order chi connectivity index (χ1) is 9.24. The van der Waals surface area contributed by atoms with Crippen LogP contribution in [0.25, 0.3) is 5.78 Å². The number of hydrogen-bond acceptors (Lipinski definition) is 3. The van der Waals surface area contributed by atoms with E-state index in [9.17, 15) is 0 Å². The summed E-state index contributed by atoms with van der Waals surface area (Å²) in [5, 5.41) is 5.60. The summed E-state index contributed by atoms with van der Waals surface area (Å²) in [5.74, 6) is 2.30. The molecule has 2 aromatic rings. The van der Waals surface area contributed by atoms with Crippen LogP contribution in [0.4, 0.5) is 0 Å². The van der Waals surface area contributed by atoms with E-state index in [1.807, 2.05) is 0 Å². The maximum atomic E-state index is 6.50. The Morgan fingerprint density at radius 1 is 0.947 bits per heavy atom. The second-order valence-corrected chi connectivity index (χ2v) is 6.26. The zero-order valence-corrected chi connectivity index (χ0v) is 12.0. The quantitative estimate of drug-likeness (QED) is 0.788. The van der Waals surface area contributed by atoms with Crippen molar-refractivity contribution < 1.29 is 0 Å². The maximum absolute atomic E-state index is 6.50. The van der Waals surface area contributed by atoms with Gasteiger partial charge in [-0.2, -0.15) is 14.5 Å². The topological polar surface area (TPSA) is 43.1 Å². The van der Waals surface area contributed by atoms with Crippen molar-refractivity contribution in [1.82, 2.24) is 19.6 Å². The summed E-state index contributed by atoms with van der Waals surface area (Å²) in [4.78, 5) is 8.82. The predicted octanol–water partition coefficient (Wildman–Crippen LogP) is 3.97. The van der Waals surface area contributed by atoms with Gasteiger partial charge in [0.05, 0.1) is 0 Å². The molecule has 2 aromatic heterocycles. The number of aromatic nitrogens is 4. The van der Waals surface area contributed by atoms with E-state index in [2.05, 4.69) is 15.1 Å². The molecule has 0 N–H and O–H groups in total. The van der Waals surface area contributed by atoms with Gasteiger partial charge in [0.15, 0.2) is 5.82 Å². The van der Waals surface area contributed by atoms with Crippen molar-refractivity contribution >= 4 is 29.0 Å². The molecule has 0 aromatic carbocycles. The Kier molecular flexibility index (Phi) is 2.71. The molecule has 0 saturated heterocycles. The summed E-state index contributed by atoms with van der Waals surface area (Å²) in [6.07, 6.45) is 7.07. The monoisotopic (exact) mass is 296 g/mol. The van der Waals surface area contributed by atoms with Crippen LogP contribution in [0.5, 0.6) is 0 Å². The fraction of sp³-hybridized carbons (Fsp3) is 0.615. The Morgan fingerprint density at radius 3 is 2.37 bits per heavy atom. The predicted molar refractivity (Wildman–Crippen MR) is 74.0 cm³/mol. The number of nitrogens with zero attached hydrogens (tertiary/aromatic N) is 4. The van der Waals surface area contributed by atoms with E-state index in [4.69, 9.17) is 23.2 Å². The van der Waals surface area contributed by atoms with Crippen LogP contribution in [0.15, 0.2) is 0 Å². The van der Waals surface area contributed by atoms with Crippen molar-refractivity contribution in [3.8, 4) is 0 Å². The van der Waals surface area contributed by atoms with Crippen LogP contribution in [0, 0.1) is 0 Å². The van der Waals surface area contributed by atoms with E-state index < -0.39 is 0 Å². The molecule has 0 aliphatic heterocycles. The Morgan fingerprint density at radius 2 is 1.68 bits per heavy atom. The van der Waals surface area contributed by atoms with Crippen molar-refractivity contribution in [2.45, 2.75) is 50.4 Å². The summed E-state index contributed by atoms with van der Waals surface area (Å²) in [7, 11) is 0. The summed E-state index contributed by atoms with van der Waals surface area (Å²) < 4.78 is 1.66. The fourth-order valence-corrected chi connectivity index (χ4v) is 3.66. The third-order valence-electron chi connectivity index (χ3n) is 4.14. The van der Waals surface area contributed by atoms with Crippen LogP contribution in [-0.2, 0) is 0 Å². The standard InChI is InChI=1S/C13H14Cl2N4/c14-10-9(7-3-1-2-4-7)11(15)19-13(16-10)17-12(18-19)8-5-6-8/h7-8H,1-6H2. The first-order valence-corrected chi connectivity index (χ1v) is 7.61. The Bertz CT molecular complexity index is 642.